The fourth-order valence-corrected chi connectivity index (χ4v) is 7.34. The number of fused-ring (bicyclic) bond motifs is 5. The van der Waals surface area contributed by atoms with Crippen LogP contribution in [0, 0.1) is 34.5 Å². The highest BCUT2D eigenvalue weighted by atomic mass is 16.3. The quantitative estimate of drug-likeness (QED) is 0.685. The average molecular weight is 374 g/mol. The van der Waals surface area contributed by atoms with Gasteiger partial charge in [-0.05, 0) is 55.6 Å². The molecule has 4 rings (SSSR count). The van der Waals surface area contributed by atoms with Crippen LogP contribution in [0.15, 0.2) is 23.8 Å². The molecule has 4 aliphatic carbocycles. The standard InChI is InChI=1S/C22H30O5/c1-12-8-14-15-5-7-22(27,18(26)11-23)21(15,3)10-17(25)19(14)20(2)6-4-13(24)9-16(12)20/h4,6,9,12,14-15,17,19,23,25,27H,5,7-8,10-11H2,1-3H3/t12-,14+,15-,17+,19+,20+,21+,22-/m1/s1. The lowest BCUT2D eigenvalue weighted by Gasteiger charge is -2.60. The van der Waals surface area contributed by atoms with Crippen molar-refractivity contribution in [3.8, 4) is 0 Å². The fourth-order valence-electron chi connectivity index (χ4n) is 7.34. The zero-order valence-corrected chi connectivity index (χ0v) is 16.3. The summed E-state index contributed by atoms with van der Waals surface area (Å²) in [5, 5.41) is 31.9. The highest BCUT2D eigenvalue weighted by Crippen LogP contribution is 2.67. The molecule has 0 aromatic rings. The fraction of sp³-hybridized carbons (Fsp3) is 0.727. The lowest BCUT2D eigenvalue weighted by Crippen LogP contribution is -2.62. The number of rotatable bonds is 2. The van der Waals surface area contributed by atoms with Crippen LogP contribution in [0.4, 0.5) is 0 Å². The molecule has 5 heteroatoms. The number of hydrogen-bond donors (Lipinski definition) is 3. The minimum Gasteiger partial charge on any atom is -0.393 e. The Labute approximate surface area is 160 Å². The van der Waals surface area contributed by atoms with E-state index in [0.717, 1.165) is 18.4 Å². The second kappa shape index (κ2) is 5.85. The summed E-state index contributed by atoms with van der Waals surface area (Å²) in [6, 6.07) is 0. The Kier molecular flexibility index (Phi) is 4.12. The number of carbonyl (C=O) groups excluding carboxylic acids is 2. The third-order valence-corrected chi connectivity index (χ3v) is 8.57. The van der Waals surface area contributed by atoms with Gasteiger partial charge in [-0.25, -0.2) is 0 Å². The van der Waals surface area contributed by atoms with Crippen molar-refractivity contribution in [1.29, 1.82) is 0 Å². The Morgan fingerprint density at radius 3 is 2.70 bits per heavy atom. The van der Waals surface area contributed by atoms with Crippen LogP contribution in [-0.4, -0.2) is 45.2 Å². The van der Waals surface area contributed by atoms with E-state index in [9.17, 15) is 24.9 Å². The van der Waals surface area contributed by atoms with Gasteiger partial charge in [0, 0.05) is 16.7 Å². The van der Waals surface area contributed by atoms with Crippen molar-refractivity contribution < 1.29 is 24.9 Å². The molecule has 0 heterocycles. The zero-order chi connectivity index (χ0) is 19.8. The van der Waals surface area contributed by atoms with Gasteiger partial charge < -0.3 is 15.3 Å². The van der Waals surface area contributed by atoms with Crippen LogP contribution in [0.5, 0.6) is 0 Å². The number of hydrogen-bond acceptors (Lipinski definition) is 5. The molecular weight excluding hydrogens is 344 g/mol. The van der Waals surface area contributed by atoms with Gasteiger partial charge in [0.15, 0.2) is 11.6 Å². The first kappa shape index (κ1) is 19.0. The molecule has 4 aliphatic rings. The predicted octanol–water partition coefficient (Wildman–Crippen LogP) is 1.80. The maximum Gasteiger partial charge on any atom is 0.190 e. The first-order chi connectivity index (χ1) is 12.6. The Hall–Kier alpha value is -1.30. The molecule has 0 spiro atoms. The summed E-state index contributed by atoms with van der Waals surface area (Å²) < 4.78 is 0. The lowest BCUT2D eigenvalue weighted by molar-refractivity contribution is -0.180. The predicted molar refractivity (Wildman–Crippen MR) is 99.6 cm³/mol. The zero-order valence-electron chi connectivity index (χ0n) is 16.3. The molecule has 0 bridgehead atoms. The largest absolute Gasteiger partial charge is 0.393 e. The van der Waals surface area contributed by atoms with Crippen LogP contribution < -0.4 is 0 Å². The molecule has 0 aromatic heterocycles. The molecule has 3 fully saturated rings. The summed E-state index contributed by atoms with van der Waals surface area (Å²) in [7, 11) is 0. The highest BCUT2D eigenvalue weighted by Gasteiger charge is 2.68. The van der Waals surface area contributed by atoms with E-state index < -0.39 is 29.5 Å². The number of aliphatic hydroxyl groups is 3. The first-order valence-electron chi connectivity index (χ1n) is 10.1. The Balaban J connectivity index is 1.78. The van der Waals surface area contributed by atoms with Crippen LogP contribution in [0.2, 0.25) is 0 Å². The van der Waals surface area contributed by atoms with Gasteiger partial charge in [-0.1, -0.05) is 32.4 Å². The van der Waals surface area contributed by atoms with Crippen molar-refractivity contribution in [2.75, 3.05) is 6.61 Å². The summed E-state index contributed by atoms with van der Waals surface area (Å²) in [6.07, 6.45) is 6.87. The number of Topliss-reactive ketones (excluding diaryl/α,β-unsaturated/α-hetero) is 1. The summed E-state index contributed by atoms with van der Waals surface area (Å²) in [5.74, 6) is -0.0768. The van der Waals surface area contributed by atoms with Gasteiger partial charge >= 0.3 is 0 Å². The van der Waals surface area contributed by atoms with Crippen molar-refractivity contribution in [1.82, 2.24) is 0 Å². The SMILES string of the molecule is C[C@@H]1C[C@@H]2[C@@H]([C@@H](O)C[C@@]3(C)[C@@H]2CC[C@@]3(O)C(=O)CO)[C@@]2(C)C=CC(=O)C=C12. The van der Waals surface area contributed by atoms with Gasteiger partial charge in [0.2, 0.25) is 0 Å². The van der Waals surface area contributed by atoms with E-state index >= 15 is 0 Å². The van der Waals surface area contributed by atoms with E-state index in [-0.39, 0.29) is 34.9 Å². The normalized spacial score (nSPS) is 51.3. The van der Waals surface area contributed by atoms with Gasteiger partial charge in [-0.3, -0.25) is 9.59 Å². The summed E-state index contributed by atoms with van der Waals surface area (Å²) in [5.41, 5.74) is -1.59. The number of ketones is 2. The molecule has 8 atom stereocenters. The van der Waals surface area contributed by atoms with Crippen molar-refractivity contribution in [2.45, 2.75) is 58.2 Å². The first-order valence-corrected chi connectivity index (χ1v) is 10.1. The van der Waals surface area contributed by atoms with Crippen LogP contribution in [0.3, 0.4) is 0 Å². The van der Waals surface area contributed by atoms with E-state index in [4.69, 9.17) is 0 Å². The van der Waals surface area contributed by atoms with E-state index in [1.165, 1.54) is 0 Å². The molecule has 0 amide bonds. The lowest BCUT2D eigenvalue weighted by atomic mass is 9.45. The second-order valence-corrected chi connectivity index (χ2v) is 9.72. The molecule has 0 radical (unpaired) electrons. The van der Waals surface area contributed by atoms with Gasteiger partial charge in [0.05, 0.1) is 6.10 Å². The van der Waals surface area contributed by atoms with E-state index in [0.29, 0.717) is 12.8 Å². The number of aliphatic hydroxyl groups excluding tert-OH is 2. The molecular formula is C22H30O5. The van der Waals surface area contributed by atoms with Crippen LogP contribution >= 0.6 is 0 Å². The highest BCUT2D eigenvalue weighted by molar-refractivity contribution is 6.01. The molecule has 148 valence electrons. The van der Waals surface area contributed by atoms with Crippen LogP contribution in [0.25, 0.3) is 0 Å². The van der Waals surface area contributed by atoms with E-state index in [1.807, 2.05) is 13.0 Å². The smallest absolute Gasteiger partial charge is 0.190 e. The average Bonchev–Trinajstić information content (AvgIpc) is 2.87. The van der Waals surface area contributed by atoms with Crippen molar-refractivity contribution in [2.24, 2.45) is 34.5 Å². The Morgan fingerprint density at radius 2 is 2.04 bits per heavy atom. The van der Waals surface area contributed by atoms with Gasteiger partial charge in [0.25, 0.3) is 0 Å². The summed E-state index contributed by atoms with van der Waals surface area (Å²) in [4.78, 5) is 24.4. The topological polar surface area (TPSA) is 94.8 Å². The molecule has 0 aliphatic heterocycles. The van der Waals surface area contributed by atoms with E-state index in [2.05, 4.69) is 13.8 Å². The van der Waals surface area contributed by atoms with Crippen molar-refractivity contribution in [3.05, 3.63) is 23.8 Å². The summed E-state index contributed by atoms with van der Waals surface area (Å²) in [6.45, 7) is 5.48. The molecule has 0 unspecified atom stereocenters. The molecule has 0 aromatic carbocycles. The molecule has 27 heavy (non-hydrogen) atoms. The van der Waals surface area contributed by atoms with Gasteiger partial charge in [-0.2, -0.15) is 0 Å². The maximum atomic E-state index is 12.4. The number of carbonyl (C=O) groups is 2. The molecule has 0 saturated heterocycles. The molecule has 3 saturated carbocycles. The Bertz CT molecular complexity index is 754. The molecule has 5 nitrogen and oxygen atoms in total. The third-order valence-electron chi connectivity index (χ3n) is 8.57. The van der Waals surface area contributed by atoms with Gasteiger partial charge in [0.1, 0.15) is 12.2 Å². The second-order valence-electron chi connectivity index (χ2n) is 9.72. The van der Waals surface area contributed by atoms with Crippen LogP contribution in [0.1, 0.15) is 46.5 Å². The van der Waals surface area contributed by atoms with Gasteiger partial charge in [-0.15, -0.1) is 0 Å². The maximum absolute atomic E-state index is 12.4. The third kappa shape index (κ3) is 2.28. The number of allylic oxidation sites excluding steroid dienone is 4. The molecule has 3 N–H and O–H groups in total. The van der Waals surface area contributed by atoms with Crippen LogP contribution in [-0.2, 0) is 9.59 Å². The van der Waals surface area contributed by atoms with Crippen molar-refractivity contribution >= 4 is 11.6 Å². The van der Waals surface area contributed by atoms with E-state index in [1.54, 1.807) is 12.2 Å². The summed E-state index contributed by atoms with van der Waals surface area (Å²) >= 11 is 0. The Morgan fingerprint density at radius 1 is 1.33 bits per heavy atom. The minimum atomic E-state index is -1.57. The monoisotopic (exact) mass is 374 g/mol. The van der Waals surface area contributed by atoms with Crippen molar-refractivity contribution in [3.63, 3.8) is 0 Å². The minimum absolute atomic E-state index is 0.00620.